The Morgan fingerprint density at radius 1 is 1.17 bits per heavy atom. The minimum absolute atomic E-state index is 0.0729. The van der Waals surface area contributed by atoms with Crippen molar-refractivity contribution in [1.29, 1.82) is 0 Å². The molecule has 1 N–H and O–H groups in total. The molecule has 160 valence electrons. The fraction of sp³-hybridized carbons (Fsp3) is 0.318. The van der Waals surface area contributed by atoms with E-state index in [1.54, 1.807) is 38.1 Å². The molecule has 0 bridgehead atoms. The van der Waals surface area contributed by atoms with Gasteiger partial charge < -0.3 is 10.1 Å². The van der Waals surface area contributed by atoms with Gasteiger partial charge in [-0.05, 0) is 44.5 Å². The lowest BCUT2D eigenvalue weighted by atomic mass is 10.0. The number of amides is 1. The van der Waals surface area contributed by atoms with Gasteiger partial charge in [0.15, 0.2) is 5.78 Å². The number of ketones is 1. The van der Waals surface area contributed by atoms with E-state index in [1.807, 2.05) is 0 Å². The van der Waals surface area contributed by atoms with Crippen molar-refractivity contribution >= 4 is 41.0 Å². The molecule has 0 aromatic heterocycles. The Morgan fingerprint density at radius 2 is 1.87 bits per heavy atom. The van der Waals surface area contributed by atoms with E-state index in [4.69, 9.17) is 16.3 Å². The second-order valence-corrected chi connectivity index (χ2v) is 8.30. The van der Waals surface area contributed by atoms with Crippen molar-refractivity contribution in [2.24, 2.45) is 0 Å². The number of hydrogen-bond donors (Lipinski definition) is 1. The van der Waals surface area contributed by atoms with Crippen molar-refractivity contribution in [1.82, 2.24) is 5.32 Å². The number of Topliss-reactive ketones (excluding diaryl/α,β-unsaturated/α-hetero) is 1. The van der Waals surface area contributed by atoms with Crippen LogP contribution in [0.25, 0.3) is 0 Å². The summed E-state index contributed by atoms with van der Waals surface area (Å²) in [4.78, 5) is 36.2. The molecular weight excluding hydrogens is 429 g/mol. The molecule has 8 heteroatoms. The van der Waals surface area contributed by atoms with Gasteiger partial charge in [0.1, 0.15) is 5.82 Å². The molecule has 1 unspecified atom stereocenters. The minimum atomic E-state index is -0.678. The van der Waals surface area contributed by atoms with Crippen LogP contribution in [-0.2, 0) is 14.3 Å². The Balaban J connectivity index is 2.07. The van der Waals surface area contributed by atoms with Crippen LogP contribution < -0.4 is 5.32 Å². The maximum Gasteiger partial charge on any atom is 0.308 e. The molecule has 5 nitrogen and oxygen atoms in total. The van der Waals surface area contributed by atoms with Gasteiger partial charge in [-0.2, -0.15) is 0 Å². The number of ether oxygens (including phenoxy) is 1. The van der Waals surface area contributed by atoms with E-state index in [0.717, 1.165) is 17.8 Å². The largest absolute Gasteiger partial charge is 0.463 e. The Morgan fingerprint density at radius 3 is 2.47 bits per heavy atom. The molecule has 1 amide bonds. The molecule has 0 aliphatic heterocycles. The maximum atomic E-state index is 14.2. The van der Waals surface area contributed by atoms with Gasteiger partial charge in [-0.3, -0.25) is 14.4 Å². The van der Waals surface area contributed by atoms with Crippen LogP contribution in [0.4, 0.5) is 4.39 Å². The number of carbonyl (C=O) groups is 3. The average Bonchev–Trinajstić information content (AvgIpc) is 2.66. The second-order valence-electron chi connectivity index (χ2n) is 6.87. The van der Waals surface area contributed by atoms with Crippen molar-refractivity contribution in [2.75, 3.05) is 5.75 Å². The molecule has 0 aliphatic rings. The SMILES string of the molecule is CC(=O)c1ccc(SCC(=O)NC(CC(=O)OC(C)C)c2ccccc2Cl)c(F)c1. The molecule has 30 heavy (non-hydrogen) atoms. The van der Waals surface area contributed by atoms with E-state index in [2.05, 4.69) is 5.32 Å². The van der Waals surface area contributed by atoms with Crippen LogP contribution in [0.1, 0.15) is 49.2 Å². The number of halogens is 2. The van der Waals surface area contributed by atoms with Crippen molar-refractivity contribution < 1.29 is 23.5 Å². The summed E-state index contributed by atoms with van der Waals surface area (Å²) in [6, 6.07) is 10.4. The Kier molecular flexibility index (Phi) is 8.87. The molecule has 2 aromatic carbocycles. The standard InChI is InChI=1S/C22H23ClFNO4S/c1-13(2)29-22(28)11-19(16-6-4-5-7-17(16)23)25-21(27)12-30-20-9-8-15(14(3)26)10-18(20)24/h4-10,13,19H,11-12H2,1-3H3,(H,25,27). The third kappa shape index (κ3) is 7.15. The number of benzene rings is 2. The Bertz CT molecular complexity index is 935. The first-order valence-electron chi connectivity index (χ1n) is 9.34. The Labute approximate surface area is 184 Å². The molecule has 0 fully saturated rings. The van der Waals surface area contributed by atoms with E-state index >= 15 is 0 Å². The van der Waals surface area contributed by atoms with Gasteiger partial charge in [-0.15, -0.1) is 11.8 Å². The normalized spacial score (nSPS) is 11.8. The third-order valence-corrected chi connectivity index (χ3v) is 5.44. The van der Waals surface area contributed by atoms with E-state index in [1.165, 1.54) is 19.1 Å². The van der Waals surface area contributed by atoms with E-state index in [0.29, 0.717) is 10.6 Å². The minimum Gasteiger partial charge on any atom is -0.463 e. The van der Waals surface area contributed by atoms with Crippen molar-refractivity contribution in [3.63, 3.8) is 0 Å². The second kappa shape index (κ2) is 11.1. The van der Waals surface area contributed by atoms with Gasteiger partial charge in [-0.1, -0.05) is 35.9 Å². The molecule has 0 saturated heterocycles. The zero-order valence-corrected chi connectivity index (χ0v) is 18.5. The van der Waals surface area contributed by atoms with Crippen LogP contribution >= 0.6 is 23.4 Å². The molecule has 1 atom stereocenters. The van der Waals surface area contributed by atoms with Crippen molar-refractivity contribution in [3.05, 3.63) is 64.4 Å². The zero-order chi connectivity index (χ0) is 22.3. The van der Waals surface area contributed by atoms with E-state index in [-0.39, 0.29) is 34.5 Å². The van der Waals surface area contributed by atoms with Crippen molar-refractivity contribution in [3.8, 4) is 0 Å². The molecule has 0 aliphatic carbocycles. The lowest BCUT2D eigenvalue weighted by Crippen LogP contribution is -2.32. The van der Waals surface area contributed by atoms with Crippen LogP contribution in [0.3, 0.4) is 0 Å². The first kappa shape index (κ1) is 23.9. The molecule has 0 radical (unpaired) electrons. The molecule has 2 rings (SSSR count). The Hall–Kier alpha value is -2.38. The average molecular weight is 452 g/mol. The van der Waals surface area contributed by atoms with Crippen LogP contribution in [0.15, 0.2) is 47.4 Å². The van der Waals surface area contributed by atoms with Crippen molar-refractivity contribution in [2.45, 2.75) is 44.2 Å². The van der Waals surface area contributed by atoms with E-state index < -0.39 is 23.7 Å². The van der Waals surface area contributed by atoms with Crippen LogP contribution in [-0.4, -0.2) is 29.5 Å². The highest BCUT2D eigenvalue weighted by Crippen LogP contribution is 2.27. The lowest BCUT2D eigenvalue weighted by Gasteiger charge is -2.20. The van der Waals surface area contributed by atoms with Gasteiger partial charge in [0.05, 0.1) is 24.3 Å². The maximum absolute atomic E-state index is 14.2. The summed E-state index contributed by atoms with van der Waals surface area (Å²) in [5.41, 5.74) is 0.860. The van der Waals surface area contributed by atoms with Crippen LogP contribution in [0, 0.1) is 5.82 Å². The summed E-state index contributed by atoms with van der Waals surface area (Å²) in [7, 11) is 0. The number of hydrogen-bond acceptors (Lipinski definition) is 5. The van der Waals surface area contributed by atoms with Gasteiger partial charge in [0.25, 0.3) is 0 Å². The monoisotopic (exact) mass is 451 g/mol. The number of carbonyl (C=O) groups excluding carboxylic acids is 3. The predicted molar refractivity (Wildman–Crippen MR) is 115 cm³/mol. The summed E-state index contributed by atoms with van der Waals surface area (Å²) in [5, 5.41) is 3.19. The molecule has 2 aromatic rings. The summed E-state index contributed by atoms with van der Waals surface area (Å²) in [5.74, 6) is -1.73. The molecule has 0 saturated carbocycles. The van der Waals surface area contributed by atoms with Gasteiger partial charge in [-0.25, -0.2) is 4.39 Å². The highest BCUT2D eigenvalue weighted by Gasteiger charge is 2.22. The van der Waals surface area contributed by atoms with Gasteiger partial charge >= 0.3 is 5.97 Å². The van der Waals surface area contributed by atoms with Gasteiger partial charge in [0, 0.05) is 15.5 Å². The molecule has 0 heterocycles. The van der Waals surface area contributed by atoms with Crippen LogP contribution in [0.2, 0.25) is 5.02 Å². The fourth-order valence-electron chi connectivity index (χ4n) is 2.69. The zero-order valence-electron chi connectivity index (χ0n) is 16.9. The number of thioether (sulfide) groups is 1. The predicted octanol–water partition coefficient (Wildman–Crippen LogP) is 4.97. The topological polar surface area (TPSA) is 72.5 Å². The van der Waals surface area contributed by atoms with Gasteiger partial charge in [0.2, 0.25) is 5.91 Å². The smallest absolute Gasteiger partial charge is 0.308 e. The highest BCUT2D eigenvalue weighted by atomic mass is 35.5. The third-order valence-electron chi connectivity index (χ3n) is 4.05. The lowest BCUT2D eigenvalue weighted by molar-refractivity contribution is -0.148. The number of nitrogens with one attached hydrogen (secondary N) is 1. The number of rotatable bonds is 9. The quantitative estimate of drug-likeness (QED) is 0.331. The summed E-state index contributed by atoms with van der Waals surface area (Å²) < 4.78 is 19.3. The first-order valence-corrected chi connectivity index (χ1v) is 10.7. The summed E-state index contributed by atoms with van der Waals surface area (Å²) in [6.45, 7) is 4.83. The summed E-state index contributed by atoms with van der Waals surface area (Å²) >= 11 is 7.24. The molecular formula is C22H23ClFNO4S. The number of esters is 1. The first-order chi connectivity index (χ1) is 14.2. The highest BCUT2D eigenvalue weighted by molar-refractivity contribution is 8.00. The molecule has 0 spiro atoms. The van der Waals surface area contributed by atoms with Crippen LogP contribution in [0.5, 0.6) is 0 Å². The summed E-state index contributed by atoms with van der Waals surface area (Å²) in [6.07, 6.45) is -0.364. The van der Waals surface area contributed by atoms with E-state index in [9.17, 15) is 18.8 Å². The fourth-order valence-corrected chi connectivity index (χ4v) is 3.69.